The molecule has 1 atom stereocenters. The van der Waals surface area contributed by atoms with Crippen LogP contribution in [0.3, 0.4) is 0 Å². The first-order valence-electron chi connectivity index (χ1n) is 8.90. The van der Waals surface area contributed by atoms with Gasteiger partial charge in [-0.2, -0.15) is 0 Å². The maximum absolute atomic E-state index is 12.5. The molecule has 6 nitrogen and oxygen atoms in total. The first-order valence-corrected chi connectivity index (χ1v) is 10.3. The van der Waals surface area contributed by atoms with Gasteiger partial charge in [-0.1, -0.05) is 25.1 Å². The van der Waals surface area contributed by atoms with E-state index < -0.39 is 10.0 Å². The number of likely N-dealkylation sites (tertiary alicyclic amines) is 1. The van der Waals surface area contributed by atoms with Crippen molar-refractivity contribution in [3.63, 3.8) is 0 Å². The summed E-state index contributed by atoms with van der Waals surface area (Å²) in [5.41, 5.74) is 0.719. The van der Waals surface area contributed by atoms with Gasteiger partial charge in [0.25, 0.3) is 0 Å². The Hall–Kier alpha value is -1.60. The van der Waals surface area contributed by atoms with Crippen molar-refractivity contribution in [3.8, 4) is 0 Å². The van der Waals surface area contributed by atoms with Crippen molar-refractivity contribution in [1.82, 2.24) is 14.5 Å². The van der Waals surface area contributed by atoms with Crippen LogP contribution in [0, 0.1) is 5.92 Å². The van der Waals surface area contributed by atoms with Crippen molar-refractivity contribution < 1.29 is 8.42 Å². The number of nitrogens with zero attached hydrogens (tertiary/aromatic N) is 3. The van der Waals surface area contributed by atoms with E-state index in [9.17, 15) is 8.42 Å². The maximum Gasteiger partial charge on any atom is 0.242 e. The van der Waals surface area contributed by atoms with Gasteiger partial charge in [0.1, 0.15) is 0 Å². The third-order valence-electron chi connectivity index (χ3n) is 4.42. The molecular weight excluding hydrogens is 336 g/mol. The molecule has 7 heteroatoms. The molecular formula is C18H30N4O2S. The Labute approximate surface area is 152 Å². The zero-order valence-electron chi connectivity index (χ0n) is 15.7. The average Bonchev–Trinajstić information content (AvgIpc) is 2.58. The van der Waals surface area contributed by atoms with Gasteiger partial charge < -0.3 is 10.2 Å². The molecule has 1 aliphatic rings. The third kappa shape index (κ3) is 4.95. The molecule has 0 amide bonds. The highest BCUT2D eigenvalue weighted by molar-refractivity contribution is 7.89. The molecule has 0 spiro atoms. The molecule has 1 heterocycles. The molecule has 1 aromatic carbocycles. The predicted molar refractivity (Wildman–Crippen MR) is 102 cm³/mol. The summed E-state index contributed by atoms with van der Waals surface area (Å²) in [5, 5.41) is 3.34. The molecule has 0 radical (unpaired) electrons. The summed E-state index contributed by atoms with van der Waals surface area (Å²) in [6.45, 7) is 7.43. The molecule has 0 saturated carbocycles. The van der Waals surface area contributed by atoms with E-state index >= 15 is 0 Å². The normalized spacial score (nSPS) is 19.3. The first kappa shape index (κ1) is 19.7. The fourth-order valence-corrected chi connectivity index (χ4v) is 4.16. The number of rotatable bonds is 5. The number of aliphatic imine (C=N–C) groups is 1. The first-order chi connectivity index (χ1) is 11.9. The molecule has 2 rings (SSSR count). The van der Waals surface area contributed by atoms with Crippen LogP contribution in [0.15, 0.2) is 34.2 Å². The van der Waals surface area contributed by atoms with Crippen LogP contribution in [-0.4, -0.2) is 57.3 Å². The van der Waals surface area contributed by atoms with Gasteiger partial charge in [0.2, 0.25) is 10.0 Å². The number of sulfonamides is 1. The molecule has 0 bridgehead atoms. The van der Waals surface area contributed by atoms with E-state index in [2.05, 4.69) is 17.1 Å². The molecule has 1 unspecified atom stereocenters. The van der Waals surface area contributed by atoms with Crippen LogP contribution in [0.1, 0.15) is 32.3 Å². The van der Waals surface area contributed by atoms with Gasteiger partial charge >= 0.3 is 0 Å². The second-order valence-corrected chi connectivity index (χ2v) is 8.88. The smallest absolute Gasteiger partial charge is 0.242 e. The van der Waals surface area contributed by atoms with Crippen LogP contribution in [0.5, 0.6) is 0 Å². The van der Waals surface area contributed by atoms with Crippen LogP contribution in [0.2, 0.25) is 0 Å². The minimum atomic E-state index is -3.47. The fraction of sp³-hybridized carbons (Fsp3) is 0.611. The van der Waals surface area contributed by atoms with Gasteiger partial charge in [-0.3, -0.25) is 0 Å². The Morgan fingerprint density at radius 2 is 2.08 bits per heavy atom. The molecule has 0 aromatic heterocycles. The van der Waals surface area contributed by atoms with Crippen molar-refractivity contribution in [2.75, 3.05) is 33.7 Å². The quantitative estimate of drug-likeness (QED) is 0.640. The van der Waals surface area contributed by atoms with Crippen LogP contribution in [0.4, 0.5) is 0 Å². The summed E-state index contributed by atoms with van der Waals surface area (Å²) in [4.78, 5) is 7.33. The average molecular weight is 367 g/mol. The Morgan fingerprint density at radius 1 is 1.36 bits per heavy atom. The van der Waals surface area contributed by atoms with Crippen LogP contribution in [0.25, 0.3) is 0 Å². The minimum absolute atomic E-state index is 0.326. The van der Waals surface area contributed by atoms with E-state index in [0.29, 0.717) is 17.4 Å². The van der Waals surface area contributed by atoms with E-state index in [-0.39, 0.29) is 0 Å². The summed E-state index contributed by atoms with van der Waals surface area (Å²) in [6, 6.07) is 7.09. The molecule has 0 aliphatic carbocycles. The molecule has 25 heavy (non-hydrogen) atoms. The Morgan fingerprint density at radius 3 is 2.72 bits per heavy atom. The highest BCUT2D eigenvalue weighted by atomic mass is 32.2. The predicted octanol–water partition coefficient (Wildman–Crippen LogP) is 2.13. The second kappa shape index (κ2) is 8.67. The van der Waals surface area contributed by atoms with Gasteiger partial charge in [0.05, 0.1) is 11.4 Å². The lowest BCUT2D eigenvalue weighted by Gasteiger charge is -2.33. The Balaban J connectivity index is 2.26. The zero-order chi connectivity index (χ0) is 18.4. The zero-order valence-corrected chi connectivity index (χ0v) is 16.5. The topological polar surface area (TPSA) is 65.0 Å². The lowest BCUT2D eigenvalue weighted by atomic mass is 10.0. The minimum Gasteiger partial charge on any atom is -0.357 e. The van der Waals surface area contributed by atoms with E-state index in [4.69, 9.17) is 4.99 Å². The highest BCUT2D eigenvalue weighted by Gasteiger charge is 2.22. The number of hydrogen-bond donors (Lipinski definition) is 1. The number of piperidine rings is 1. The number of hydrogen-bond acceptors (Lipinski definition) is 3. The molecule has 1 N–H and O–H groups in total. The van der Waals surface area contributed by atoms with Crippen molar-refractivity contribution >= 4 is 16.0 Å². The summed E-state index contributed by atoms with van der Waals surface area (Å²) in [7, 11) is -0.371. The monoisotopic (exact) mass is 366 g/mol. The van der Waals surface area contributed by atoms with Gasteiger partial charge in [-0.15, -0.1) is 0 Å². The lowest BCUT2D eigenvalue weighted by Crippen LogP contribution is -2.46. The molecule has 1 saturated heterocycles. The lowest BCUT2D eigenvalue weighted by molar-refractivity contribution is 0.266. The van der Waals surface area contributed by atoms with Crippen molar-refractivity contribution in [2.45, 2.75) is 38.1 Å². The van der Waals surface area contributed by atoms with E-state index in [1.807, 2.05) is 19.1 Å². The second-order valence-electron chi connectivity index (χ2n) is 6.76. The fourth-order valence-electron chi connectivity index (χ4n) is 3.05. The molecule has 140 valence electrons. The standard InChI is InChI=1S/C18H30N4O2S/c1-5-19-18(22-12-8-9-15(2)14-22)20-13-16-10-6-7-11-17(16)25(23,24)21(3)4/h6-7,10-11,15H,5,8-9,12-14H2,1-4H3,(H,19,20). The summed E-state index contributed by atoms with van der Waals surface area (Å²) >= 11 is 0. The van der Waals surface area contributed by atoms with E-state index in [1.165, 1.54) is 10.7 Å². The SMILES string of the molecule is CCNC(=NCc1ccccc1S(=O)(=O)N(C)C)N1CCCC(C)C1. The van der Waals surface area contributed by atoms with Gasteiger partial charge in [-0.25, -0.2) is 17.7 Å². The van der Waals surface area contributed by atoms with Crippen molar-refractivity contribution in [1.29, 1.82) is 0 Å². The van der Waals surface area contributed by atoms with Gasteiger partial charge in [0.15, 0.2) is 5.96 Å². The number of nitrogens with one attached hydrogen (secondary N) is 1. The van der Waals surface area contributed by atoms with Crippen LogP contribution in [-0.2, 0) is 16.6 Å². The number of guanidine groups is 1. The molecule has 1 aliphatic heterocycles. The molecule has 1 aromatic rings. The highest BCUT2D eigenvalue weighted by Crippen LogP contribution is 2.20. The van der Waals surface area contributed by atoms with E-state index in [1.54, 1.807) is 26.2 Å². The summed E-state index contributed by atoms with van der Waals surface area (Å²) in [5.74, 6) is 1.52. The number of benzene rings is 1. The Bertz CT molecular complexity index is 701. The van der Waals surface area contributed by atoms with E-state index in [0.717, 1.165) is 37.6 Å². The van der Waals surface area contributed by atoms with Crippen molar-refractivity contribution in [2.24, 2.45) is 10.9 Å². The van der Waals surface area contributed by atoms with Crippen LogP contribution >= 0.6 is 0 Å². The van der Waals surface area contributed by atoms with Crippen molar-refractivity contribution in [3.05, 3.63) is 29.8 Å². The largest absolute Gasteiger partial charge is 0.357 e. The van der Waals surface area contributed by atoms with Gasteiger partial charge in [-0.05, 0) is 37.3 Å². The maximum atomic E-state index is 12.5. The Kier molecular flexibility index (Phi) is 6.84. The van der Waals surface area contributed by atoms with Crippen LogP contribution < -0.4 is 5.32 Å². The molecule has 1 fully saturated rings. The summed E-state index contributed by atoms with van der Waals surface area (Å²) in [6.07, 6.45) is 2.41. The van der Waals surface area contributed by atoms with Gasteiger partial charge in [0, 0.05) is 33.7 Å². The summed E-state index contributed by atoms with van der Waals surface area (Å²) < 4.78 is 26.3. The third-order valence-corrected chi connectivity index (χ3v) is 6.34.